The average molecular weight is 227 g/mol. The van der Waals surface area contributed by atoms with Crippen LogP contribution in [-0.4, -0.2) is 11.1 Å². The molecule has 1 atom stereocenters. The molecule has 4 nitrogen and oxygen atoms in total. The molecule has 1 aliphatic heterocycles. The van der Waals surface area contributed by atoms with Crippen molar-refractivity contribution in [3.05, 3.63) is 22.8 Å². The second-order valence-corrected chi connectivity index (χ2v) is 4.16. The topological polar surface area (TPSA) is 51.2 Å². The molecule has 0 aromatic carbocycles. The molecule has 1 aromatic rings. The van der Waals surface area contributed by atoms with Gasteiger partial charge in [0.1, 0.15) is 11.9 Å². The summed E-state index contributed by atoms with van der Waals surface area (Å²) in [6.45, 7) is 3.94. The summed E-state index contributed by atoms with van der Waals surface area (Å²) in [7, 11) is 0. The Morgan fingerprint density at radius 1 is 1.60 bits per heavy atom. The minimum atomic E-state index is -0.476. The molecule has 80 valence electrons. The maximum Gasteiger partial charge on any atom is 0.413 e. The fourth-order valence-corrected chi connectivity index (χ4v) is 1.84. The summed E-state index contributed by atoms with van der Waals surface area (Å²) in [4.78, 5) is 15.3. The van der Waals surface area contributed by atoms with Crippen LogP contribution in [0.1, 0.15) is 25.5 Å². The molecule has 0 saturated carbocycles. The molecule has 5 heteroatoms. The van der Waals surface area contributed by atoms with E-state index in [-0.39, 0.29) is 12.0 Å². The first-order valence-corrected chi connectivity index (χ1v) is 5.09. The second kappa shape index (κ2) is 3.70. The molecule has 1 unspecified atom stereocenters. The van der Waals surface area contributed by atoms with Crippen molar-refractivity contribution >= 4 is 23.5 Å². The quantitative estimate of drug-likeness (QED) is 0.801. The molecular formula is C10H11ClN2O2. The minimum absolute atomic E-state index is 0.163. The number of fused-ring (bicyclic) bond motifs is 1. The van der Waals surface area contributed by atoms with E-state index in [0.717, 1.165) is 5.56 Å². The van der Waals surface area contributed by atoms with Gasteiger partial charge in [-0.05, 0) is 12.0 Å². The SMILES string of the molecule is CC(C)C1OC(=O)Nc2nccc(Cl)c21. The molecule has 0 radical (unpaired) electrons. The molecule has 15 heavy (non-hydrogen) atoms. The van der Waals surface area contributed by atoms with E-state index in [0.29, 0.717) is 10.8 Å². The smallest absolute Gasteiger partial charge is 0.413 e. The fourth-order valence-electron chi connectivity index (χ4n) is 1.59. The van der Waals surface area contributed by atoms with Crippen molar-refractivity contribution in [2.75, 3.05) is 5.32 Å². The highest BCUT2D eigenvalue weighted by Gasteiger charge is 2.31. The van der Waals surface area contributed by atoms with Crippen LogP contribution in [0.15, 0.2) is 12.3 Å². The highest BCUT2D eigenvalue weighted by Crippen LogP contribution is 2.38. The Labute approximate surface area is 92.6 Å². The highest BCUT2D eigenvalue weighted by molar-refractivity contribution is 6.31. The Bertz CT molecular complexity index is 406. The van der Waals surface area contributed by atoms with Gasteiger partial charge in [0.15, 0.2) is 0 Å². The van der Waals surface area contributed by atoms with Crippen molar-refractivity contribution < 1.29 is 9.53 Å². The lowest BCUT2D eigenvalue weighted by Gasteiger charge is -2.28. The summed E-state index contributed by atoms with van der Waals surface area (Å²) >= 11 is 6.06. The van der Waals surface area contributed by atoms with Gasteiger partial charge in [-0.15, -0.1) is 0 Å². The summed E-state index contributed by atoms with van der Waals surface area (Å²) in [6, 6.07) is 1.69. The third-order valence-corrected chi connectivity index (χ3v) is 2.61. The minimum Gasteiger partial charge on any atom is -0.441 e. The molecule has 1 aromatic heterocycles. The van der Waals surface area contributed by atoms with Gasteiger partial charge in [-0.25, -0.2) is 9.78 Å². The molecule has 1 N–H and O–H groups in total. The lowest BCUT2D eigenvalue weighted by Crippen LogP contribution is -2.28. The number of carbonyl (C=O) groups excluding carboxylic acids is 1. The summed E-state index contributed by atoms with van der Waals surface area (Å²) in [5.74, 6) is 0.661. The van der Waals surface area contributed by atoms with Crippen LogP contribution in [0, 0.1) is 5.92 Å². The Kier molecular flexibility index (Phi) is 2.52. The van der Waals surface area contributed by atoms with E-state index in [2.05, 4.69) is 10.3 Å². The number of aromatic nitrogens is 1. The Balaban J connectivity index is 2.52. The zero-order chi connectivity index (χ0) is 11.0. The van der Waals surface area contributed by atoms with E-state index < -0.39 is 6.09 Å². The number of pyridine rings is 1. The molecule has 0 saturated heterocycles. The Morgan fingerprint density at radius 2 is 2.33 bits per heavy atom. The lowest BCUT2D eigenvalue weighted by atomic mass is 9.98. The average Bonchev–Trinajstić information content (AvgIpc) is 2.16. The van der Waals surface area contributed by atoms with Crippen molar-refractivity contribution in [1.82, 2.24) is 4.98 Å². The monoisotopic (exact) mass is 226 g/mol. The lowest BCUT2D eigenvalue weighted by molar-refractivity contribution is 0.0773. The molecule has 0 fully saturated rings. The van der Waals surface area contributed by atoms with Crippen LogP contribution < -0.4 is 5.32 Å². The van der Waals surface area contributed by atoms with Crippen molar-refractivity contribution in [3.63, 3.8) is 0 Å². The third-order valence-electron chi connectivity index (χ3n) is 2.28. The van der Waals surface area contributed by atoms with Crippen LogP contribution in [0.4, 0.5) is 10.6 Å². The standard InChI is InChI=1S/C10H11ClN2O2/c1-5(2)8-7-6(11)3-4-12-9(7)13-10(14)15-8/h3-5,8H,1-2H3,(H,12,13,14). The number of hydrogen-bond acceptors (Lipinski definition) is 3. The van der Waals surface area contributed by atoms with Crippen molar-refractivity contribution in [2.24, 2.45) is 5.92 Å². The van der Waals surface area contributed by atoms with Gasteiger partial charge in [-0.3, -0.25) is 5.32 Å². The van der Waals surface area contributed by atoms with E-state index in [9.17, 15) is 4.79 Å². The first-order valence-electron chi connectivity index (χ1n) is 4.71. The first-order chi connectivity index (χ1) is 7.09. The summed E-state index contributed by atoms with van der Waals surface area (Å²) in [5.41, 5.74) is 0.758. The maximum absolute atomic E-state index is 11.2. The largest absolute Gasteiger partial charge is 0.441 e. The zero-order valence-corrected chi connectivity index (χ0v) is 9.21. The van der Waals surface area contributed by atoms with Crippen LogP contribution >= 0.6 is 11.6 Å². The van der Waals surface area contributed by atoms with Gasteiger partial charge >= 0.3 is 6.09 Å². The maximum atomic E-state index is 11.2. The van der Waals surface area contributed by atoms with Crippen LogP contribution in [-0.2, 0) is 4.74 Å². The van der Waals surface area contributed by atoms with E-state index in [1.807, 2.05) is 13.8 Å². The fraction of sp³-hybridized carbons (Fsp3) is 0.400. The van der Waals surface area contributed by atoms with Gasteiger partial charge in [0.05, 0.1) is 10.6 Å². The number of ether oxygens (including phenoxy) is 1. The second-order valence-electron chi connectivity index (χ2n) is 3.75. The van der Waals surface area contributed by atoms with Gasteiger partial charge in [-0.1, -0.05) is 25.4 Å². The Morgan fingerprint density at radius 3 is 3.00 bits per heavy atom. The van der Waals surface area contributed by atoms with E-state index in [1.165, 1.54) is 0 Å². The van der Waals surface area contributed by atoms with Gasteiger partial charge in [0, 0.05) is 6.20 Å². The van der Waals surface area contributed by atoms with Gasteiger partial charge in [-0.2, -0.15) is 0 Å². The number of amides is 1. The van der Waals surface area contributed by atoms with Gasteiger partial charge < -0.3 is 4.74 Å². The van der Waals surface area contributed by atoms with Crippen molar-refractivity contribution in [1.29, 1.82) is 0 Å². The van der Waals surface area contributed by atoms with E-state index in [4.69, 9.17) is 16.3 Å². The molecular weight excluding hydrogens is 216 g/mol. The molecule has 0 aliphatic carbocycles. The molecule has 2 rings (SSSR count). The van der Waals surface area contributed by atoms with Crippen molar-refractivity contribution in [2.45, 2.75) is 20.0 Å². The van der Waals surface area contributed by atoms with Gasteiger partial charge in [0.2, 0.25) is 0 Å². The number of nitrogens with zero attached hydrogens (tertiary/aromatic N) is 1. The predicted molar refractivity (Wildman–Crippen MR) is 56.9 cm³/mol. The van der Waals surface area contributed by atoms with Crippen LogP contribution in [0.5, 0.6) is 0 Å². The van der Waals surface area contributed by atoms with Crippen LogP contribution in [0.3, 0.4) is 0 Å². The molecule has 0 spiro atoms. The molecule has 1 amide bonds. The van der Waals surface area contributed by atoms with Crippen molar-refractivity contribution in [3.8, 4) is 0 Å². The number of rotatable bonds is 1. The number of carbonyl (C=O) groups is 1. The van der Waals surface area contributed by atoms with Crippen LogP contribution in [0.25, 0.3) is 0 Å². The molecule has 1 aliphatic rings. The first kappa shape index (κ1) is 10.2. The van der Waals surface area contributed by atoms with E-state index >= 15 is 0 Å². The Hall–Kier alpha value is -1.29. The number of anilines is 1. The van der Waals surface area contributed by atoms with Gasteiger partial charge in [0.25, 0.3) is 0 Å². The van der Waals surface area contributed by atoms with Crippen LogP contribution in [0.2, 0.25) is 5.02 Å². The summed E-state index contributed by atoms with van der Waals surface area (Å²) in [5, 5.41) is 3.10. The summed E-state index contributed by atoms with van der Waals surface area (Å²) in [6.07, 6.45) is 0.760. The van der Waals surface area contributed by atoms with E-state index in [1.54, 1.807) is 12.3 Å². The third kappa shape index (κ3) is 1.77. The normalized spacial score (nSPS) is 19.5. The molecule has 2 heterocycles. The number of cyclic esters (lactones) is 1. The number of halogens is 1. The number of nitrogens with one attached hydrogen (secondary N) is 1. The summed E-state index contributed by atoms with van der Waals surface area (Å²) < 4.78 is 5.18. The highest BCUT2D eigenvalue weighted by atomic mass is 35.5. The molecule has 0 bridgehead atoms. The predicted octanol–water partition coefficient (Wildman–Crippen LogP) is 2.99. The zero-order valence-electron chi connectivity index (χ0n) is 8.45. The number of hydrogen-bond donors (Lipinski definition) is 1.